The monoisotopic (exact) mass is 214 g/mol. The Morgan fingerprint density at radius 2 is 1.00 bits per heavy atom. The highest BCUT2D eigenvalue weighted by atomic mass is 14.3. The molecular weight excluding hydrogens is 192 g/mol. The molecule has 2 aliphatic rings. The third-order valence-corrected chi connectivity index (χ3v) is 4.19. The van der Waals surface area contributed by atoms with Gasteiger partial charge in [0.15, 0.2) is 0 Å². The Morgan fingerprint density at radius 3 is 1.19 bits per heavy atom. The fourth-order valence-electron chi connectivity index (χ4n) is 3.17. The zero-order valence-electron chi connectivity index (χ0n) is 11.3. The highest BCUT2D eigenvalue weighted by molar-refractivity contribution is 5.59. The van der Waals surface area contributed by atoms with Crippen molar-refractivity contribution in [1.29, 1.82) is 0 Å². The van der Waals surface area contributed by atoms with Crippen LogP contribution in [0.1, 0.15) is 41.5 Å². The van der Waals surface area contributed by atoms with Crippen molar-refractivity contribution in [3.63, 3.8) is 0 Å². The van der Waals surface area contributed by atoms with Crippen LogP contribution in [-0.2, 0) is 0 Å². The highest BCUT2D eigenvalue weighted by Crippen LogP contribution is 2.43. The Hall–Kier alpha value is -1.04. The zero-order chi connectivity index (χ0) is 12.0. The maximum absolute atomic E-state index is 2.39. The number of hydrogen-bond donors (Lipinski definition) is 0. The van der Waals surface area contributed by atoms with Crippen molar-refractivity contribution >= 4 is 0 Å². The van der Waals surface area contributed by atoms with Gasteiger partial charge in [-0.25, -0.2) is 0 Å². The highest BCUT2D eigenvalue weighted by Gasteiger charge is 2.28. The summed E-state index contributed by atoms with van der Waals surface area (Å²) in [7, 11) is 0. The molecule has 0 radical (unpaired) electrons. The summed E-state index contributed by atoms with van der Waals surface area (Å²) in [6.45, 7) is 13.6. The summed E-state index contributed by atoms with van der Waals surface area (Å²) in [5, 5.41) is 0. The molecule has 0 N–H and O–H groups in total. The molecule has 16 heavy (non-hydrogen) atoms. The van der Waals surface area contributed by atoms with E-state index in [1.807, 2.05) is 0 Å². The van der Waals surface area contributed by atoms with Crippen LogP contribution < -0.4 is 0 Å². The molecule has 0 saturated heterocycles. The minimum atomic E-state index is 0.590. The fourth-order valence-corrected chi connectivity index (χ4v) is 3.17. The Balaban J connectivity index is 2.51. The molecule has 0 amide bonds. The van der Waals surface area contributed by atoms with E-state index in [9.17, 15) is 0 Å². The van der Waals surface area contributed by atoms with Crippen LogP contribution in [0.25, 0.3) is 0 Å². The second kappa shape index (κ2) is 3.76. The topological polar surface area (TPSA) is 0 Å². The third kappa shape index (κ3) is 1.52. The summed E-state index contributed by atoms with van der Waals surface area (Å²) in [5.74, 6) is 1.18. The normalized spacial score (nSPS) is 30.1. The van der Waals surface area contributed by atoms with E-state index >= 15 is 0 Å². The van der Waals surface area contributed by atoms with Gasteiger partial charge in [0, 0.05) is 11.8 Å². The van der Waals surface area contributed by atoms with Gasteiger partial charge in [0.25, 0.3) is 0 Å². The molecule has 0 nitrogen and oxygen atoms in total. The lowest BCUT2D eigenvalue weighted by Crippen LogP contribution is -2.04. The first-order chi connectivity index (χ1) is 7.43. The quantitative estimate of drug-likeness (QED) is 0.587. The van der Waals surface area contributed by atoms with Crippen molar-refractivity contribution < 1.29 is 0 Å². The first kappa shape index (κ1) is 11.4. The number of hydrogen-bond acceptors (Lipinski definition) is 0. The minimum absolute atomic E-state index is 0.590. The maximum Gasteiger partial charge on any atom is 0.000115 e. The van der Waals surface area contributed by atoms with Crippen molar-refractivity contribution in [3.05, 3.63) is 45.6 Å². The molecule has 0 saturated carbocycles. The van der Waals surface area contributed by atoms with Crippen LogP contribution in [0.4, 0.5) is 0 Å². The summed E-state index contributed by atoms with van der Waals surface area (Å²) < 4.78 is 0. The van der Waals surface area contributed by atoms with Crippen LogP contribution in [0.15, 0.2) is 45.6 Å². The van der Waals surface area contributed by atoms with Gasteiger partial charge >= 0.3 is 0 Å². The van der Waals surface area contributed by atoms with Gasteiger partial charge in [0.2, 0.25) is 0 Å². The van der Waals surface area contributed by atoms with E-state index in [-0.39, 0.29) is 0 Å². The first-order valence-corrected chi connectivity index (χ1v) is 6.23. The number of allylic oxidation sites excluding steroid dienone is 8. The van der Waals surface area contributed by atoms with Gasteiger partial charge < -0.3 is 0 Å². The average molecular weight is 214 g/mol. The molecule has 0 heterocycles. The lowest BCUT2D eigenvalue weighted by molar-refractivity contribution is 0.801. The molecule has 0 spiro atoms. The van der Waals surface area contributed by atoms with Gasteiger partial charge in [0.05, 0.1) is 0 Å². The van der Waals surface area contributed by atoms with Gasteiger partial charge in [-0.2, -0.15) is 0 Å². The SMILES string of the molecule is CC1=CC(C)C(C2=C(C)C(C)=CC2C)=C1C. The second-order valence-corrected chi connectivity index (χ2v) is 5.35. The molecule has 0 heteroatoms. The molecule has 2 aliphatic carbocycles. The van der Waals surface area contributed by atoms with Crippen molar-refractivity contribution in [2.24, 2.45) is 11.8 Å². The summed E-state index contributed by atoms with van der Waals surface area (Å²) in [6.07, 6.45) is 4.79. The smallest absolute Gasteiger partial charge is 0.000115 e. The lowest BCUT2D eigenvalue weighted by Gasteiger charge is -2.18. The van der Waals surface area contributed by atoms with E-state index in [2.05, 4.69) is 53.7 Å². The van der Waals surface area contributed by atoms with Crippen molar-refractivity contribution in [1.82, 2.24) is 0 Å². The molecular formula is C16H22. The molecule has 2 rings (SSSR count). The van der Waals surface area contributed by atoms with Crippen molar-refractivity contribution in [3.8, 4) is 0 Å². The van der Waals surface area contributed by atoms with Gasteiger partial charge in [-0.1, -0.05) is 37.1 Å². The maximum atomic E-state index is 2.39. The fraction of sp³-hybridized carbons (Fsp3) is 0.500. The van der Waals surface area contributed by atoms with Crippen LogP contribution in [0, 0.1) is 11.8 Å². The van der Waals surface area contributed by atoms with Crippen LogP contribution in [0.3, 0.4) is 0 Å². The zero-order valence-corrected chi connectivity index (χ0v) is 11.3. The van der Waals surface area contributed by atoms with Crippen LogP contribution in [0.2, 0.25) is 0 Å². The van der Waals surface area contributed by atoms with Crippen LogP contribution in [0.5, 0.6) is 0 Å². The predicted molar refractivity (Wildman–Crippen MR) is 71.2 cm³/mol. The van der Waals surface area contributed by atoms with Crippen molar-refractivity contribution in [2.75, 3.05) is 0 Å². The molecule has 2 unspecified atom stereocenters. The van der Waals surface area contributed by atoms with E-state index in [4.69, 9.17) is 0 Å². The summed E-state index contributed by atoms with van der Waals surface area (Å²) >= 11 is 0. The Labute approximate surface area is 99.4 Å². The Morgan fingerprint density at radius 1 is 0.688 bits per heavy atom. The molecule has 0 bridgehead atoms. The summed E-state index contributed by atoms with van der Waals surface area (Å²) in [4.78, 5) is 0. The van der Waals surface area contributed by atoms with E-state index in [1.54, 1.807) is 11.1 Å². The van der Waals surface area contributed by atoms with Gasteiger partial charge in [-0.15, -0.1) is 0 Å². The molecule has 0 fully saturated rings. The average Bonchev–Trinajstić information content (AvgIpc) is 2.57. The largest absolute Gasteiger partial charge is 0.0741 e. The van der Waals surface area contributed by atoms with Crippen molar-refractivity contribution in [2.45, 2.75) is 41.5 Å². The van der Waals surface area contributed by atoms with Crippen LogP contribution in [-0.4, -0.2) is 0 Å². The Kier molecular flexibility index (Phi) is 2.69. The standard InChI is InChI=1S/C16H22/c1-9-7-11(3)15(13(9)5)16-12(4)8-10(2)14(16)6/h7-8,11-12H,1-6H3. The molecule has 0 aromatic heterocycles. The van der Waals surface area contributed by atoms with E-state index < -0.39 is 0 Å². The third-order valence-electron chi connectivity index (χ3n) is 4.19. The van der Waals surface area contributed by atoms with E-state index in [0.29, 0.717) is 11.8 Å². The second-order valence-electron chi connectivity index (χ2n) is 5.35. The van der Waals surface area contributed by atoms with Gasteiger partial charge in [0.1, 0.15) is 0 Å². The lowest BCUT2D eigenvalue weighted by atomic mass is 9.86. The van der Waals surface area contributed by atoms with E-state index in [1.165, 1.54) is 22.3 Å². The number of rotatable bonds is 1. The summed E-state index contributed by atoms with van der Waals surface area (Å²) in [5.41, 5.74) is 9.07. The Bertz CT molecular complexity index is 408. The molecule has 86 valence electrons. The molecule has 0 aromatic rings. The first-order valence-electron chi connectivity index (χ1n) is 6.23. The molecule has 0 aliphatic heterocycles. The van der Waals surface area contributed by atoms with E-state index in [0.717, 1.165) is 0 Å². The minimum Gasteiger partial charge on any atom is -0.0741 e. The van der Waals surface area contributed by atoms with Gasteiger partial charge in [-0.05, 0) is 50.0 Å². The molecule has 0 aromatic carbocycles. The predicted octanol–water partition coefficient (Wildman–Crippen LogP) is 4.81. The summed E-state index contributed by atoms with van der Waals surface area (Å²) in [6, 6.07) is 0. The van der Waals surface area contributed by atoms with Gasteiger partial charge in [-0.3, -0.25) is 0 Å². The molecule has 2 atom stereocenters. The van der Waals surface area contributed by atoms with Crippen LogP contribution >= 0.6 is 0 Å².